The number of hydrogen-bond donors (Lipinski definition) is 1. The van der Waals surface area contributed by atoms with E-state index in [-0.39, 0.29) is 17.9 Å². The molecule has 0 aromatic heterocycles. The lowest BCUT2D eigenvalue weighted by Gasteiger charge is -2.32. The van der Waals surface area contributed by atoms with Crippen molar-refractivity contribution in [3.63, 3.8) is 0 Å². The van der Waals surface area contributed by atoms with Crippen LogP contribution in [0.4, 0.5) is 0 Å². The average molecular weight is 549 g/mol. The number of nitrogens with one attached hydrogen (secondary N) is 1. The summed E-state index contributed by atoms with van der Waals surface area (Å²) in [5, 5.41) is 3.88. The molecule has 38 heavy (non-hydrogen) atoms. The molecule has 1 aliphatic carbocycles. The number of thioether (sulfide) groups is 1. The Morgan fingerprint density at radius 1 is 0.921 bits per heavy atom. The third kappa shape index (κ3) is 8.37. The summed E-state index contributed by atoms with van der Waals surface area (Å²) >= 11 is 7.88. The summed E-state index contributed by atoms with van der Waals surface area (Å²) in [6.07, 6.45) is 4.73. The van der Waals surface area contributed by atoms with Gasteiger partial charge in [0.05, 0.1) is 5.75 Å². The minimum absolute atomic E-state index is 0.0400. The predicted octanol–water partition coefficient (Wildman–Crippen LogP) is 6.89. The lowest BCUT2D eigenvalue weighted by atomic mass is 10.0. The molecule has 0 heterocycles. The highest BCUT2D eigenvalue weighted by Gasteiger charge is 2.32. The van der Waals surface area contributed by atoms with E-state index in [9.17, 15) is 9.59 Å². The molecule has 3 aromatic carbocycles. The van der Waals surface area contributed by atoms with E-state index in [0.29, 0.717) is 23.7 Å². The number of halogens is 1. The van der Waals surface area contributed by atoms with Gasteiger partial charge in [-0.25, -0.2) is 0 Å². The largest absolute Gasteiger partial charge is 0.352 e. The lowest BCUT2D eigenvalue weighted by Crippen LogP contribution is -2.52. The summed E-state index contributed by atoms with van der Waals surface area (Å²) < 4.78 is 0. The average Bonchev–Trinajstić information content (AvgIpc) is 3.39. The summed E-state index contributed by atoms with van der Waals surface area (Å²) in [4.78, 5) is 29.3. The number of hydrogen-bond acceptors (Lipinski definition) is 3. The van der Waals surface area contributed by atoms with Crippen LogP contribution in [0, 0.1) is 13.8 Å². The fourth-order valence-electron chi connectivity index (χ4n) is 5.24. The number of carbonyl (C=O) groups excluding carboxylic acids is 2. The van der Waals surface area contributed by atoms with Gasteiger partial charge in [0.25, 0.3) is 0 Å². The summed E-state index contributed by atoms with van der Waals surface area (Å²) in [6, 6.07) is 23.6. The van der Waals surface area contributed by atoms with Crippen molar-refractivity contribution < 1.29 is 9.59 Å². The second-order valence-corrected chi connectivity index (χ2v) is 11.8. The molecule has 3 aromatic rings. The van der Waals surface area contributed by atoms with Crippen LogP contribution in [0.25, 0.3) is 0 Å². The first kappa shape index (κ1) is 28.3. The highest BCUT2D eigenvalue weighted by atomic mass is 35.5. The molecule has 1 N–H and O–H groups in total. The van der Waals surface area contributed by atoms with E-state index in [1.165, 1.54) is 16.7 Å². The Balaban J connectivity index is 1.56. The van der Waals surface area contributed by atoms with Gasteiger partial charge in [-0.05, 0) is 55.5 Å². The molecule has 2 amide bonds. The zero-order valence-electron chi connectivity index (χ0n) is 22.3. The van der Waals surface area contributed by atoms with Crippen LogP contribution in [0.5, 0.6) is 0 Å². The van der Waals surface area contributed by atoms with E-state index in [4.69, 9.17) is 11.6 Å². The highest BCUT2D eigenvalue weighted by Crippen LogP contribution is 2.22. The van der Waals surface area contributed by atoms with Crippen molar-refractivity contribution in [3.8, 4) is 0 Å². The molecule has 1 saturated carbocycles. The Morgan fingerprint density at radius 3 is 2.29 bits per heavy atom. The van der Waals surface area contributed by atoms with Gasteiger partial charge in [0, 0.05) is 29.8 Å². The Morgan fingerprint density at radius 2 is 1.61 bits per heavy atom. The third-order valence-electron chi connectivity index (χ3n) is 6.99. The van der Waals surface area contributed by atoms with Gasteiger partial charge in [0.1, 0.15) is 6.04 Å². The fourth-order valence-corrected chi connectivity index (χ4v) is 6.30. The lowest BCUT2D eigenvalue weighted by molar-refractivity contribution is -0.139. The standard InChI is InChI=1S/C32H37ClN2O2S/c1-23-15-24(2)17-27(16-23)21-38-22-31(36)35(20-26-11-8-12-28(33)18-26)30(19-25-9-4-3-5-10-25)32(37)34-29-13-6-7-14-29/h3-5,8-12,15-18,29-30H,6-7,13-14,19-22H2,1-2H3,(H,34,37)/t30-/m1/s1. The van der Waals surface area contributed by atoms with Crippen LogP contribution >= 0.6 is 23.4 Å². The van der Waals surface area contributed by atoms with Crippen LogP contribution in [0.15, 0.2) is 72.8 Å². The second-order valence-electron chi connectivity index (χ2n) is 10.3. The van der Waals surface area contributed by atoms with Gasteiger partial charge in [0.15, 0.2) is 0 Å². The van der Waals surface area contributed by atoms with Crippen LogP contribution in [-0.4, -0.2) is 34.6 Å². The van der Waals surface area contributed by atoms with E-state index in [1.54, 1.807) is 16.7 Å². The first-order chi connectivity index (χ1) is 18.4. The van der Waals surface area contributed by atoms with Gasteiger partial charge in [-0.3, -0.25) is 9.59 Å². The van der Waals surface area contributed by atoms with Gasteiger partial charge < -0.3 is 10.2 Å². The molecule has 0 radical (unpaired) electrons. The smallest absolute Gasteiger partial charge is 0.243 e. The summed E-state index contributed by atoms with van der Waals surface area (Å²) in [6.45, 7) is 4.52. The topological polar surface area (TPSA) is 49.4 Å². The minimum Gasteiger partial charge on any atom is -0.352 e. The molecule has 0 aliphatic heterocycles. The molecule has 0 saturated heterocycles. The molecule has 200 valence electrons. The van der Waals surface area contributed by atoms with Crippen LogP contribution in [0.1, 0.15) is 53.5 Å². The number of nitrogens with zero attached hydrogens (tertiary/aromatic N) is 1. The van der Waals surface area contributed by atoms with Crippen molar-refractivity contribution in [1.82, 2.24) is 10.2 Å². The number of amides is 2. The predicted molar refractivity (Wildman–Crippen MR) is 158 cm³/mol. The third-order valence-corrected chi connectivity index (χ3v) is 8.21. The molecule has 0 spiro atoms. The molecule has 4 rings (SSSR count). The highest BCUT2D eigenvalue weighted by molar-refractivity contribution is 7.99. The van der Waals surface area contributed by atoms with Gasteiger partial charge in [0.2, 0.25) is 11.8 Å². The molecule has 6 heteroatoms. The van der Waals surface area contributed by atoms with Gasteiger partial charge in [-0.1, -0.05) is 96.2 Å². The van der Waals surface area contributed by atoms with Crippen LogP contribution in [0.2, 0.25) is 5.02 Å². The zero-order chi connectivity index (χ0) is 26.9. The Hall–Kier alpha value is -2.76. The molecule has 1 fully saturated rings. The summed E-state index contributed by atoms with van der Waals surface area (Å²) in [7, 11) is 0. The quantitative estimate of drug-likeness (QED) is 0.284. The maximum atomic E-state index is 13.8. The van der Waals surface area contributed by atoms with Crippen LogP contribution in [-0.2, 0) is 28.3 Å². The first-order valence-corrected chi connectivity index (χ1v) is 14.9. The van der Waals surface area contributed by atoms with Crippen molar-refractivity contribution in [3.05, 3.63) is 106 Å². The van der Waals surface area contributed by atoms with E-state index in [0.717, 1.165) is 42.6 Å². The van der Waals surface area contributed by atoms with Crippen molar-refractivity contribution in [2.45, 2.75) is 70.3 Å². The second kappa shape index (κ2) is 13.9. The maximum Gasteiger partial charge on any atom is 0.243 e. The molecule has 0 bridgehead atoms. The Bertz CT molecular complexity index is 1210. The number of aryl methyl sites for hydroxylation is 2. The summed E-state index contributed by atoms with van der Waals surface area (Å²) in [5.41, 5.74) is 5.60. The molecule has 4 nitrogen and oxygen atoms in total. The Labute approximate surface area is 236 Å². The molecule has 1 atom stereocenters. The number of rotatable bonds is 11. The number of carbonyl (C=O) groups is 2. The van der Waals surface area contributed by atoms with E-state index < -0.39 is 6.04 Å². The van der Waals surface area contributed by atoms with Crippen molar-refractivity contribution in [1.29, 1.82) is 0 Å². The zero-order valence-corrected chi connectivity index (χ0v) is 23.9. The SMILES string of the molecule is Cc1cc(C)cc(CSCC(=O)N(Cc2cccc(Cl)c2)[C@H](Cc2ccccc2)C(=O)NC2CCCC2)c1. The van der Waals surface area contributed by atoms with E-state index >= 15 is 0 Å². The Kier molecular flexibility index (Phi) is 10.3. The molecular weight excluding hydrogens is 512 g/mol. The summed E-state index contributed by atoms with van der Waals surface area (Å²) in [5.74, 6) is 0.934. The van der Waals surface area contributed by atoms with Gasteiger partial charge in [-0.2, -0.15) is 0 Å². The van der Waals surface area contributed by atoms with Crippen molar-refractivity contribution in [2.75, 3.05) is 5.75 Å². The monoisotopic (exact) mass is 548 g/mol. The van der Waals surface area contributed by atoms with Crippen molar-refractivity contribution >= 4 is 35.2 Å². The van der Waals surface area contributed by atoms with Crippen LogP contribution < -0.4 is 5.32 Å². The van der Waals surface area contributed by atoms with Gasteiger partial charge >= 0.3 is 0 Å². The van der Waals surface area contributed by atoms with E-state index in [2.05, 4.69) is 37.4 Å². The maximum absolute atomic E-state index is 13.8. The fraction of sp³-hybridized carbons (Fsp3) is 0.375. The van der Waals surface area contributed by atoms with Crippen molar-refractivity contribution in [2.24, 2.45) is 0 Å². The molecule has 1 aliphatic rings. The van der Waals surface area contributed by atoms with Crippen LogP contribution in [0.3, 0.4) is 0 Å². The minimum atomic E-state index is -0.605. The number of benzene rings is 3. The molecular formula is C32H37ClN2O2S. The normalized spacial score (nSPS) is 14.3. The van der Waals surface area contributed by atoms with Gasteiger partial charge in [-0.15, -0.1) is 11.8 Å². The molecule has 0 unspecified atom stereocenters. The first-order valence-electron chi connectivity index (χ1n) is 13.4. The van der Waals surface area contributed by atoms with E-state index in [1.807, 2.05) is 54.6 Å².